The molecule has 0 aliphatic heterocycles. The molecule has 1 aromatic carbocycles. The fourth-order valence-electron chi connectivity index (χ4n) is 2.36. The second-order valence-electron chi connectivity index (χ2n) is 5.63. The lowest BCUT2D eigenvalue weighted by molar-refractivity contribution is -0.384. The maximum Gasteiger partial charge on any atom is 0.348 e. The molecule has 0 spiro atoms. The summed E-state index contributed by atoms with van der Waals surface area (Å²) in [4.78, 5) is 47.4. The van der Waals surface area contributed by atoms with E-state index in [2.05, 4.69) is 11.9 Å². The molecule has 1 N–H and O–H groups in total. The van der Waals surface area contributed by atoms with Crippen LogP contribution in [0.4, 0.5) is 10.7 Å². The van der Waals surface area contributed by atoms with Crippen LogP contribution in [0.3, 0.4) is 0 Å². The second kappa shape index (κ2) is 9.60. The van der Waals surface area contributed by atoms with E-state index in [4.69, 9.17) is 9.47 Å². The molecule has 0 saturated carbocycles. The summed E-state index contributed by atoms with van der Waals surface area (Å²) in [6.07, 6.45) is 1.41. The van der Waals surface area contributed by atoms with E-state index >= 15 is 0 Å². The van der Waals surface area contributed by atoms with Crippen LogP contribution in [0, 0.1) is 17.0 Å². The minimum atomic E-state index is -0.692. The van der Waals surface area contributed by atoms with Crippen LogP contribution in [0.15, 0.2) is 36.9 Å². The number of nitro benzene ring substituents is 1. The van der Waals surface area contributed by atoms with E-state index in [0.29, 0.717) is 5.56 Å². The Labute approximate surface area is 170 Å². The Hall–Kier alpha value is -3.53. The Balaban J connectivity index is 2.37. The summed E-state index contributed by atoms with van der Waals surface area (Å²) < 4.78 is 10.0. The number of esters is 2. The zero-order valence-electron chi connectivity index (χ0n) is 15.7. The van der Waals surface area contributed by atoms with E-state index in [9.17, 15) is 24.5 Å². The van der Waals surface area contributed by atoms with Crippen LogP contribution in [-0.4, -0.2) is 36.0 Å². The van der Waals surface area contributed by atoms with Crippen molar-refractivity contribution in [1.82, 2.24) is 0 Å². The standard InChI is InChI=1S/C19H18N2O7S/c1-4-10-28-19(24)15-11(3)14(18(23)27-5-2)17(29-15)20-16(22)12-6-8-13(9-7-12)21(25)26/h4,6-9H,1,5,10H2,2-3H3,(H,20,22). The Morgan fingerprint density at radius 3 is 2.41 bits per heavy atom. The normalized spacial score (nSPS) is 10.1. The van der Waals surface area contributed by atoms with Crippen molar-refractivity contribution in [1.29, 1.82) is 0 Å². The molecule has 1 heterocycles. The van der Waals surface area contributed by atoms with Crippen molar-refractivity contribution in [3.63, 3.8) is 0 Å². The molecule has 0 aliphatic rings. The van der Waals surface area contributed by atoms with Crippen LogP contribution in [-0.2, 0) is 9.47 Å². The van der Waals surface area contributed by atoms with Gasteiger partial charge in [-0.3, -0.25) is 14.9 Å². The van der Waals surface area contributed by atoms with Crippen molar-refractivity contribution >= 4 is 39.9 Å². The van der Waals surface area contributed by atoms with Crippen molar-refractivity contribution in [3.8, 4) is 0 Å². The van der Waals surface area contributed by atoms with E-state index in [1.165, 1.54) is 30.3 Å². The number of benzene rings is 1. The Bertz CT molecular complexity index is 964. The SMILES string of the molecule is C=CCOC(=O)c1sc(NC(=O)c2ccc([N+](=O)[O-])cc2)c(C(=O)OCC)c1C. The topological polar surface area (TPSA) is 125 Å². The highest BCUT2D eigenvalue weighted by atomic mass is 32.1. The Morgan fingerprint density at radius 2 is 1.86 bits per heavy atom. The number of amides is 1. The largest absolute Gasteiger partial charge is 0.462 e. The quantitative estimate of drug-likeness (QED) is 0.300. The molecular formula is C19H18N2O7S. The number of non-ortho nitro benzene ring substituents is 1. The van der Waals surface area contributed by atoms with Crippen molar-refractivity contribution in [2.24, 2.45) is 0 Å². The summed E-state index contributed by atoms with van der Waals surface area (Å²) in [5, 5.41) is 13.4. The van der Waals surface area contributed by atoms with Crippen molar-refractivity contribution in [3.05, 3.63) is 68.6 Å². The third kappa shape index (κ3) is 5.05. The monoisotopic (exact) mass is 418 g/mol. The number of rotatable bonds is 8. The summed E-state index contributed by atoms with van der Waals surface area (Å²) >= 11 is 0.880. The first kappa shape index (κ1) is 21.8. The highest BCUT2D eigenvalue weighted by Gasteiger charge is 2.27. The smallest absolute Gasteiger partial charge is 0.348 e. The van der Waals surface area contributed by atoms with Crippen LogP contribution in [0.1, 0.15) is 42.9 Å². The molecule has 0 saturated heterocycles. The number of nitrogens with zero attached hydrogens (tertiary/aromatic N) is 1. The number of thiophene rings is 1. The average Bonchev–Trinajstić information content (AvgIpc) is 3.02. The molecular weight excluding hydrogens is 400 g/mol. The fourth-order valence-corrected chi connectivity index (χ4v) is 3.44. The first-order valence-electron chi connectivity index (χ1n) is 8.44. The number of carbonyl (C=O) groups excluding carboxylic acids is 3. The Kier molecular flexibility index (Phi) is 7.21. The summed E-state index contributed by atoms with van der Waals surface area (Å²) in [6, 6.07) is 4.96. The van der Waals surface area contributed by atoms with E-state index in [0.717, 1.165) is 11.3 Å². The van der Waals surface area contributed by atoms with Gasteiger partial charge in [0.1, 0.15) is 16.5 Å². The van der Waals surface area contributed by atoms with Crippen LogP contribution >= 0.6 is 11.3 Å². The number of anilines is 1. The summed E-state index contributed by atoms with van der Waals surface area (Å²) in [5.74, 6) is -1.95. The molecule has 29 heavy (non-hydrogen) atoms. The zero-order chi connectivity index (χ0) is 21.6. The first-order valence-corrected chi connectivity index (χ1v) is 9.26. The number of hydrogen-bond acceptors (Lipinski definition) is 8. The molecule has 1 amide bonds. The van der Waals surface area contributed by atoms with Gasteiger partial charge in [-0.05, 0) is 31.5 Å². The van der Waals surface area contributed by atoms with Gasteiger partial charge in [-0.2, -0.15) is 0 Å². The maximum atomic E-state index is 12.5. The van der Waals surface area contributed by atoms with Gasteiger partial charge in [0.05, 0.1) is 17.1 Å². The van der Waals surface area contributed by atoms with E-state index in [1.807, 2.05) is 0 Å². The van der Waals surface area contributed by atoms with Gasteiger partial charge >= 0.3 is 11.9 Å². The van der Waals surface area contributed by atoms with Gasteiger partial charge in [0.25, 0.3) is 11.6 Å². The van der Waals surface area contributed by atoms with Gasteiger partial charge in [-0.1, -0.05) is 12.7 Å². The molecule has 0 atom stereocenters. The maximum absolute atomic E-state index is 12.5. The van der Waals surface area contributed by atoms with Crippen molar-refractivity contribution in [2.45, 2.75) is 13.8 Å². The summed E-state index contributed by atoms with van der Waals surface area (Å²) in [6.45, 7) is 6.76. The minimum Gasteiger partial charge on any atom is -0.462 e. The number of hydrogen-bond donors (Lipinski definition) is 1. The van der Waals surface area contributed by atoms with Gasteiger partial charge in [0.15, 0.2) is 0 Å². The lowest BCUT2D eigenvalue weighted by Crippen LogP contribution is -2.15. The molecule has 1 aromatic heterocycles. The van der Waals surface area contributed by atoms with Crippen LogP contribution in [0.5, 0.6) is 0 Å². The van der Waals surface area contributed by atoms with Crippen LogP contribution < -0.4 is 5.32 Å². The number of nitro groups is 1. The molecule has 0 radical (unpaired) electrons. The van der Waals surface area contributed by atoms with Crippen LogP contribution in [0.2, 0.25) is 0 Å². The minimum absolute atomic E-state index is 0.00456. The number of ether oxygens (including phenoxy) is 2. The predicted molar refractivity (Wildman–Crippen MR) is 107 cm³/mol. The van der Waals surface area contributed by atoms with Gasteiger partial charge in [0, 0.05) is 17.7 Å². The van der Waals surface area contributed by atoms with Gasteiger partial charge < -0.3 is 14.8 Å². The molecule has 9 nitrogen and oxygen atoms in total. The van der Waals surface area contributed by atoms with E-state index < -0.39 is 22.8 Å². The molecule has 152 valence electrons. The summed E-state index contributed by atoms with van der Waals surface area (Å²) in [7, 11) is 0. The van der Waals surface area contributed by atoms with Crippen molar-refractivity contribution in [2.75, 3.05) is 18.5 Å². The fraction of sp³-hybridized carbons (Fsp3) is 0.211. The number of nitrogens with one attached hydrogen (secondary N) is 1. The molecule has 0 aliphatic carbocycles. The molecule has 2 aromatic rings. The van der Waals surface area contributed by atoms with Crippen LogP contribution in [0.25, 0.3) is 0 Å². The molecule has 0 unspecified atom stereocenters. The highest BCUT2D eigenvalue weighted by Crippen LogP contribution is 2.34. The van der Waals surface area contributed by atoms with E-state index in [1.54, 1.807) is 13.8 Å². The highest BCUT2D eigenvalue weighted by molar-refractivity contribution is 7.18. The average molecular weight is 418 g/mol. The Morgan fingerprint density at radius 1 is 1.21 bits per heavy atom. The lowest BCUT2D eigenvalue weighted by Gasteiger charge is -2.07. The summed E-state index contributed by atoms with van der Waals surface area (Å²) in [5.41, 5.74) is 0.361. The lowest BCUT2D eigenvalue weighted by atomic mass is 10.1. The third-order valence-electron chi connectivity index (χ3n) is 3.71. The van der Waals surface area contributed by atoms with Gasteiger partial charge in [-0.25, -0.2) is 9.59 Å². The molecule has 0 bridgehead atoms. The van der Waals surface area contributed by atoms with E-state index in [-0.39, 0.29) is 39.9 Å². The van der Waals surface area contributed by atoms with Gasteiger partial charge in [0.2, 0.25) is 0 Å². The first-order chi connectivity index (χ1) is 13.8. The van der Waals surface area contributed by atoms with Crippen molar-refractivity contribution < 1.29 is 28.8 Å². The molecule has 10 heteroatoms. The third-order valence-corrected chi connectivity index (χ3v) is 4.90. The predicted octanol–water partition coefficient (Wildman–Crippen LogP) is 3.74. The molecule has 2 rings (SSSR count). The second-order valence-corrected chi connectivity index (χ2v) is 6.65. The number of carbonyl (C=O) groups is 3. The molecule has 0 fully saturated rings. The van der Waals surface area contributed by atoms with Gasteiger partial charge in [-0.15, -0.1) is 11.3 Å². The zero-order valence-corrected chi connectivity index (χ0v) is 16.5.